The molecule has 2 rings (SSSR count). The van der Waals surface area contributed by atoms with Crippen LogP contribution in [0, 0.1) is 17.2 Å². The van der Waals surface area contributed by atoms with Crippen LogP contribution in [-0.2, 0) is 0 Å². The van der Waals surface area contributed by atoms with Gasteiger partial charge < -0.3 is 0 Å². The molecule has 0 aliphatic heterocycles. The number of nitriles is 1. The van der Waals surface area contributed by atoms with Gasteiger partial charge in [-0.1, -0.05) is 30.7 Å². The van der Waals surface area contributed by atoms with E-state index in [2.05, 4.69) is 39.8 Å². The van der Waals surface area contributed by atoms with Crippen LogP contribution in [0.5, 0.6) is 0 Å². The molecule has 0 bridgehead atoms. The first kappa shape index (κ1) is 11.7. The van der Waals surface area contributed by atoms with Gasteiger partial charge in [0.25, 0.3) is 0 Å². The molecule has 0 fully saturated rings. The van der Waals surface area contributed by atoms with Crippen LogP contribution in [0.3, 0.4) is 0 Å². The monoisotopic (exact) mass is 223 g/mol. The van der Waals surface area contributed by atoms with E-state index in [1.54, 1.807) is 0 Å². The maximum Gasteiger partial charge on any atom is 0.0998 e. The lowest BCUT2D eigenvalue weighted by atomic mass is 9.89. The largest absolute Gasteiger partial charge is 0.192 e. The minimum atomic E-state index is 0.421. The van der Waals surface area contributed by atoms with E-state index in [1.165, 1.54) is 22.3 Å². The second-order valence-corrected chi connectivity index (χ2v) is 4.73. The summed E-state index contributed by atoms with van der Waals surface area (Å²) >= 11 is 0. The van der Waals surface area contributed by atoms with Crippen molar-refractivity contribution in [2.45, 2.75) is 27.7 Å². The molecule has 0 radical (unpaired) electrons. The van der Waals surface area contributed by atoms with Crippen molar-refractivity contribution in [3.8, 4) is 6.07 Å². The number of rotatable bonds is 1. The summed E-state index contributed by atoms with van der Waals surface area (Å²) in [6, 6.07) is 10.2. The summed E-state index contributed by atoms with van der Waals surface area (Å²) < 4.78 is 0. The van der Waals surface area contributed by atoms with Gasteiger partial charge in [-0.3, -0.25) is 0 Å². The summed E-state index contributed by atoms with van der Waals surface area (Å²) in [5.74, 6) is 0.421. The zero-order chi connectivity index (χ0) is 12.6. The smallest absolute Gasteiger partial charge is 0.0998 e. The molecule has 0 saturated heterocycles. The molecule has 1 unspecified atom stereocenters. The third-order valence-corrected chi connectivity index (χ3v) is 3.98. The number of hydrogen-bond acceptors (Lipinski definition) is 1. The van der Waals surface area contributed by atoms with Crippen molar-refractivity contribution < 1.29 is 0 Å². The number of benzene rings is 1. The van der Waals surface area contributed by atoms with Gasteiger partial charge in [-0.2, -0.15) is 5.26 Å². The van der Waals surface area contributed by atoms with E-state index in [0.717, 1.165) is 11.1 Å². The van der Waals surface area contributed by atoms with Crippen molar-refractivity contribution in [3.05, 3.63) is 52.1 Å². The van der Waals surface area contributed by atoms with Crippen LogP contribution in [0.25, 0.3) is 5.57 Å². The van der Waals surface area contributed by atoms with Crippen molar-refractivity contribution in [2.24, 2.45) is 5.92 Å². The van der Waals surface area contributed by atoms with Crippen molar-refractivity contribution in [1.29, 1.82) is 5.26 Å². The van der Waals surface area contributed by atoms with Crippen LogP contribution in [0.4, 0.5) is 0 Å². The standard InChI is InChI=1S/C16H17N/c1-10-11(2)13(4)16(12(10)3)15-8-6-5-7-14(15)9-17/h5-8,12H,1-4H3. The second-order valence-electron chi connectivity index (χ2n) is 4.73. The molecule has 0 saturated carbocycles. The van der Waals surface area contributed by atoms with Crippen LogP contribution in [0.2, 0.25) is 0 Å². The Bertz CT molecular complexity index is 567. The highest BCUT2D eigenvalue weighted by atomic mass is 14.3. The van der Waals surface area contributed by atoms with E-state index in [1.807, 2.05) is 18.2 Å². The Morgan fingerprint density at radius 3 is 2.24 bits per heavy atom. The topological polar surface area (TPSA) is 23.8 Å². The quantitative estimate of drug-likeness (QED) is 0.695. The fourth-order valence-corrected chi connectivity index (χ4v) is 2.61. The Balaban J connectivity index is 2.62. The third-order valence-electron chi connectivity index (χ3n) is 3.98. The molecule has 0 aromatic heterocycles. The first-order valence-corrected chi connectivity index (χ1v) is 5.96. The van der Waals surface area contributed by atoms with E-state index in [-0.39, 0.29) is 0 Å². The zero-order valence-electron chi connectivity index (χ0n) is 10.8. The molecular formula is C16H17N. The first-order chi connectivity index (χ1) is 8.07. The van der Waals surface area contributed by atoms with Gasteiger partial charge in [0.1, 0.15) is 0 Å². The Morgan fingerprint density at radius 2 is 1.71 bits per heavy atom. The molecule has 0 amide bonds. The van der Waals surface area contributed by atoms with Gasteiger partial charge in [-0.15, -0.1) is 0 Å². The van der Waals surface area contributed by atoms with Crippen LogP contribution in [0.15, 0.2) is 41.0 Å². The fourth-order valence-electron chi connectivity index (χ4n) is 2.61. The summed E-state index contributed by atoms with van der Waals surface area (Å²) in [7, 11) is 0. The minimum absolute atomic E-state index is 0.421. The van der Waals surface area contributed by atoms with Gasteiger partial charge >= 0.3 is 0 Å². The number of nitrogens with zero attached hydrogens (tertiary/aromatic N) is 1. The highest BCUT2D eigenvalue weighted by Gasteiger charge is 2.25. The lowest BCUT2D eigenvalue weighted by Crippen LogP contribution is -1.99. The normalized spacial score (nSPS) is 19.8. The van der Waals surface area contributed by atoms with Crippen LogP contribution >= 0.6 is 0 Å². The summed E-state index contributed by atoms with van der Waals surface area (Å²) in [6.07, 6.45) is 0. The molecular weight excluding hydrogens is 206 g/mol. The summed E-state index contributed by atoms with van der Waals surface area (Å²) in [5.41, 5.74) is 7.31. The summed E-state index contributed by atoms with van der Waals surface area (Å²) in [4.78, 5) is 0. The predicted octanol–water partition coefficient (Wildman–Crippen LogP) is 4.32. The molecule has 1 heteroatoms. The van der Waals surface area contributed by atoms with Crippen LogP contribution in [0.1, 0.15) is 38.8 Å². The maximum atomic E-state index is 9.20. The molecule has 1 aromatic carbocycles. The highest BCUT2D eigenvalue weighted by molar-refractivity contribution is 5.82. The first-order valence-electron chi connectivity index (χ1n) is 5.96. The van der Waals surface area contributed by atoms with Gasteiger partial charge in [-0.25, -0.2) is 0 Å². The van der Waals surface area contributed by atoms with E-state index >= 15 is 0 Å². The molecule has 0 N–H and O–H groups in total. The van der Waals surface area contributed by atoms with Crippen molar-refractivity contribution in [1.82, 2.24) is 0 Å². The Labute approximate surface area is 103 Å². The average molecular weight is 223 g/mol. The molecule has 0 spiro atoms. The SMILES string of the molecule is CC1=C(C)C(C)C(c2ccccc2C#N)=C1C. The third kappa shape index (κ3) is 1.70. The molecule has 1 atom stereocenters. The van der Waals surface area contributed by atoms with Crippen LogP contribution in [-0.4, -0.2) is 0 Å². The molecule has 1 aliphatic rings. The van der Waals surface area contributed by atoms with Gasteiger partial charge in [0.05, 0.1) is 11.6 Å². The Morgan fingerprint density at radius 1 is 1.06 bits per heavy atom. The zero-order valence-corrected chi connectivity index (χ0v) is 10.8. The van der Waals surface area contributed by atoms with Crippen LogP contribution < -0.4 is 0 Å². The summed E-state index contributed by atoms with van der Waals surface area (Å²) in [6.45, 7) is 8.74. The predicted molar refractivity (Wildman–Crippen MR) is 71.3 cm³/mol. The summed E-state index contributed by atoms with van der Waals surface area (Å²) in [5, 5.41) is 9.20. The fraction of sp³-hybridized carbons (Fsp3) is 0.312. The Hall–Kier alpha value is -1.81. The van der Waals surface area contributed by atoms with Gasteiger partial charge in [0, 0.05) is 5.92 Å². The van der Waals surface area contributed by atoms with Crippen molar-refractivity contribution in [3.63, 3.8) is 0 Å². The molecule has 1 aliphatic carbocycles. The number of allylic oxidation sites excluding steroid dienone is 4. The molecule has 1 nitrogen and oxygen atoms in total. The van der Waals surface area contributed by atoms with Crippen molar-refractivity contribution >= 4 is 5.57 Å². The van der Waals surface area contributed by atoms with Crippen molar-refractivity contribution in [2.75, 3.05) is 0 Å². The average Bonchev–Trinajstić information content (AvgIpc) is 2.54. The van der Waals surface area contributed by atoms with Gasteiger partial charge in [0.2, 0.25) is 0 Å². The lowest BCUT2D eigenvalue weighted by molar-refractivity contribution is 0.894. The van der Waals surface area contributed by atoms with E-state index in [0.29, 0.717) is 5.92 Å². The van der Waals surface area contributed by atoms with Gasteiger partial charge in [0.15, 0.2) is 0 Å². The molecule has 0 heterocycles. The van der Waals surface area contributed by atoms with E-state index in [4.69, 9.17) is 0 Å². The van der Waals surface area contributed by atoms with E-state index < -0.39 is 0 Å². The Kier molecular flexibility index (Phi) is 2.90. The minimum Gasteiger partial charge on any atom is -0.192 e. The number of hydrogen-bond donors (Lipinski definition) is 0. The molecule has 17 heavy (non-hydrogen) atoms. The van der Waals surface area contributed by atoms with Gasteiger partial charge in [-0.05, 0) is 49.1 Å². The molecule has 86 valence electrons. The second kappa shape index (κ2) is 4.22. The molecule has 1 aromatic rings. The highest BCUT2D eigenvalue weighted by Crippen LogP contribution is 2.42. The lowest BCUT2D eigenvalue weighted by Gasteiger charge is -2.14. The maximum absolute atomic E-state index is 9.20. The van der Waals surface area contributed by atoms with E-state index in [9.17, 15) is 5.26 Å².